The van der Waals surface area contributed by atoms with Gasteiger partial charge in [0.25, 0.3) is 5.91 Å². The Morgan fingerprint density at radius 2 is 1.83 bits per heavy atom. The highest BCUT2D eigenvalue weighted by atomic mass is 32.1. The molecule has 0 heterocycles. The number of halogens is 2. The number of benzene rings is 2. The molecule has 92 valence electrons. The van der Waals surface area contributed by atoms with Crippen molar-refractivity contribution in [2.24, 2.45) is 0 Å². The average Bonchev–Trinajstić information content (AvgIpc) is 2.34. The van der Waals surface area contributed by atoms with Crippen LogP contribution in [0.25, 0.3) is 0 Å². The van der Waals surface area contributed by atoms with Gasteiger partial charge in [0.2, 0.25) is 0 Å². The molecule has 0 aliphatic carbocycles. The van der Waals surface area contributed by atoms with Gasteiger partial charge in [-0.3, -0.25) is 4.79 Å². The number of carbonyl (C=O) groups excluding carboxylic acids is 1. The number of nitrogens with one attached hydrogen (secondary N) is 1. The smallest absolute Gasteiger partial charge is 0.255 e. The fraction of sp³-hybridized carbons (Fsp3) is 0. The molecule has 0 saturated carbocycles. The third-order valence-corrected chi connectivity index (χ3v) is 2.56. The Kier molecular flexibility index (Phi) is 3.62. The van der Waals surface area contributed by atoms with Crippen LogP contribution in [-0.2, 0) is 0 Å². The Bertz CT molecular complexity index is 601. The summed E-state index contributed by atoms with van der Waals surface area (Å²) in [5.41, 5.74) is 0.593. The normalized spacial score (nSPS) is 10.2. The molecule has 0 saturated heterocycles. The van der Waals surface area contributed by atoms with Crippen LogP contribution >= 0.6 is 12.6 Å². The van der Waals surface area contributed by atoms with Crippen molar-refractivity contribution in [3.05, 3.63) is 59.7 Å². The molecule has 2 nitrogen and oxygen atoms in total. The van der Waals surface area contributed by atoms with E-state index < -0.39 is 17.5 Å². The van der Waals surface area contributed by atoms with Gasteiger partial charge in [0.1, 0.15) is 0 Å². The molecular weight excluding hydrogens is 256 g/mol. The molecule has 0 unspecified atom stereocenters. The van der Waals surface area contributed by atoms with Crippen LogP contribution in [0, 0.1) is 11.6 Å². The Morgan fingerprint density at radius 1 is 1.06 bits per heavy atom. The maximum atomic E-state index is 13.0. The van der Waals surface area contributed by atoms with Gasteiger partial charge < -0.3 is 5.32 Å². The van der Waals surface area contributed by atoms with E-state index in [1.807, 2.05) is 0 Å². The highest BCUT2D eigenvalue weighted by molar-refractivity contribution is 7.80. The first-order chi connectivity index (χ1) is 8.56. The van der Waals surface area contributed by atoms with Crippen LogP contribution in [0.3, 0.4) is 0 Å². The molecule has 18 heavy (non-hydrogen) atoms. The van der Waals surface area contributed by atoms with Gasteiger partial charge in [0.15, 0.2) is 11.6 Å². The van der Waals surface area contributed by atoms with Crippen molar-refractivity contribution in [2.45, 2.75) is 4.90 Å². The van der Waals surface area contributed by atoms with Crippen LogP contribution in [0.1, 0.15) is 10.4 Å². The fourth-order valence-corrected chi connectivity index (χ4v) is 1.65. The van der Waals surface area contributed by atoms with E-state index in [1.165, 1.54) is 6.07 Å². The molecule has 0 aliphatic rings. The second-order valence-electron chi connectivity index (χ2n) is 3.63. The van der Waals surface area contributed by atoms with E-state index in [-0.39, 0.29) is 5.69 Å². The van der Waals surface area contributed by atoms with Crippen LogP contribution < -0.4 is 5.32 Å². The van der Waals surface area contributed by atoms with Crippen LogP contribution in [0.15, 0.2) is 47.4 Å². The Labute approximate surface area is 108 Å². The summed E-state index contributed by atoms with van der Waals surface area (Å²) in [5, 5.41) is 2.47. The zero-order chi connectivity index (χ0) is 13.1. The SMILES string of the molecule is O=C(Nc1ccc(F)c(F)c1)c1cccc(S)c1. The predicted molar refractivity (Wildman–Crippen MR) is 68.0 cm³/mol. The quantitative estimate of drug-likeness (QED) is 0.799. The van der Waals surface area contributed by atoms with E-state index in [9.17, 15) is 13.6 Å². The van der Waals surface area contributed by atoms with Crippen LogP contribution in [0.4, 0.5) is 14.5 Å². The predicted octanol–water partition coefficient (Wildman–Crippen LogP) is 3.51. The zero-order valence-corrected chi connectivity index (χ0v) is 10.0. The summed E-state index contributed by atoms with van der Waals surface area (Å²) in [4.78, 5) is 12.4. The molecule has 2 aromatic carbocycles. The van der Waals surface area contributed by atoms with E-state index in [2.05, 4.69) is 17.9 Å². The number of amides is 1. The lowest BCUT2D eigenvalue weighted by atomic mass is 10.2. The number of thiol groups is 1. The standard InChI is InChI=1S/C13H9F2NOS/c14-11-5-4-9(7-12(11)15)16-13(17)8-2-1-3-10(18)6-8/h1-7,18H,(H,16,17). The van der Waals surface area contributed by atoms with E-state index >= 15 is 0 Å². The second kappa shape index (κ2) is 5.18. The van der Waals surface area contributed by atoms with Crippen molar-refractivity contribution >= 4 is 24.2 Å². The van der Waals surface area contributed by atoms with Crippen molar-refractivity contribution in [3.63, 3.8) is 0 Å². The second-order valence-corrected chi connectivity index (χ2v) is 4.15. The fourth-order valence-electron chi connectivity index (χ4n) is 1.42. The number of rotatable bonds is 2. The molecule has 0 fully saturated rings. The highest BCUT2D eigenvalue weighted by Crippen LogP contribution is 2.15. The molecule has 2 rings (SSSR count). The summed E-state index contributed by atoms with van der Waals surface area (Å²) in [7, 11) is 0. The monoisotopic (exact) mass is 265 g/mol. The van der Waals surface area contributed by atoms with E-state index in [0.29, 0.717) is 10.5 Å². The Balaban J connectivity index is 2.18. The zero-order valence-electron chi connectivity index (χ0n) is 9.15. The molecule has 0 atom stereocenters. The summed E-state index contributed by atoms with van der Waals surface area (Å²) >= 11 is 4.12. The van der Waals surface area contributed by atoms with Crippen molar-refractivity contribution in [1.82, 2.24) is 0 Å². The molecule has 0 bridgehead atoms. The van der Waals surface area contributed by atoms with Gasteiger partial charge in [-0.25, -0.2) is 8.78 Å². The van der Waals surface area contributed by atoms with Crippen LogP contribution in [0.2, 0.25) is 0 Å². The maximum Gasteiger partial charge on any atom is 0.255 e. The van der Waals surface area contributed by atoms with Gasteiger partial charge in [-0.2, -0.15) is 0 Å². The maximum absolute atomic E-state index is 13.0. The first kappa shape index (κ1) is 12.6. The highest BCUT2D eigenvalue weighted by Gasteiger charge is 2.08. The summed E-state index contributed by atoms with van der Waals surface area (Å²) in [6.45, 7) is 0. The first-order valence-electron chi connectivity index (χ1n) is 5.12. The minimum atomic E-state index is -1.00. The van der Waals surface area contributed by atoms with Gasteiger partial charge in [-0.15, -0.1) is 12.6 Å². The van der Waals surface area contributed by atoms with Crippen LogP contribution in [-0.4, -0.2) is 5.91 Å². The lowest BCUT2D eigenvalue weighted by Gasteiger charge is -2.06. The third-order valence-electron chi connectivity index (χ3n) is 2.29. The topological polar surface area (TPSA) is 29.1 Å². The summed E-state index contributed by atoms with van der Waals surface area (Å²) in [6, 6.07) is 9.78. The molecule has 0 aromatic heterocycles. The molecular formula is C13H9F2NOS. The largest absolute Gasteiger partial charge is 0.322 e. The molecule has 0 radical (unpaired) electrons. The molecule has 5 heteroatoms. The Morgan fingerprint density at radius 3 is 2.50 bits per heavy atom. The number of carbonyl (C=O) groups is 1. The summed E-state index contributed by atoms with van der Waals surface area (Å²) in [5.74, 6) is -2.36. The number of hydrogen-bond acceptors (Lipinski definition) is 2. The summed E-state index contributed by atoms with van der Waals surface area (Å²) < 4.78 is 25.7. The Hall–Kier alpha value is -1.88. The lowest BCUT2D eigenvalue weighted by Crippen LogP contribution is -2.12. The van der Waals surface area contributed by atoms with Gasteiger partial charge >= 0.3 is 0 Å². The molecule has 0 spiro atoms. The number of hydrogen-bond donors (Lipinski definition) is 2. The van der Waals surface area contributed by atoms with Gasteiger partial charge in [0.05, 0.1) is 0 Å². The molecule has 0 aliphatic heterocycles. The minimum Gasteiger partial charge on any atom is -0.322 e. The average molecular weight is 265 g/mol. The lowest BCUT2D eigenvalue weighted by molar-refractivity contribution is 0.102. The van der Waals surface area contributed by atoms with E-state index in [4.69, 9.17) is 0 Å². The molecule has 1 N–H and O–H groups in total. The van der Waals surface area contributed by atoms with Gasteiger partial charge in [0, 0.05) is 22.2 Å². The van der Waals surface area contributed by atoms with Crippen molar-refractivity contribution in [3.8, 4) is 0 Å². The first-order valence-corrected chi connectivity index (χ1v) is 5.56. The van der Waals surface area contributed by atoms with Crippen molar-refractivity contribution in [1.29, 1.82) is 0 Å². The van der Waals surface area contributed by atoms with Gasteiger partial charge in [-0.05, 0) is 30.3 Å². The van der Waals surface area contributed by atoms with Crippen molar-refractivity contribution in [2.75, 3.05) is 5.32 Å². The molecule has 1 amide bonds. The molecule has 2 aromatic rings. The third kappa shape index (κ3) is 2.87. The van der Waals surface area contributed by atoms with Gasteiger partial charge in [-0.1, -0.05) is 6.07 Å². The van der Waals surface area contributed by atoms with E-state index in [1.54, 1.807) is 24.3 Å². The number of anilines is 1. The minimum absolute atomic E-state index is 0.198. The summed E-state index contributed by atoms with van der Waals surface area (Å²) in [6.07, 6.45) is 0. The van der Waals surface area contributed by atoms with E-state index in [0.717, 1.165) is 12.1 Å². The van der Waals surface area contributed by atoms with Crippen LogP contribution in [0.5, 0.6) is 0 Å². The van der Waals surface area contributed by atoms with Crippen molar-refractivity contribution < 1.29 is 13.6 Å².